The van der Waals surface area contributed by atoms with Gasteiger partial charge in [0.25, 0.3) is 11.5 Å². The van der Waals surface area contributed by atoms with Gasteiger partial charge < -0.3 is 10.6 Å². The number of benzene rings is 2. The summed E-state index contributed by atoms with van der Waals surface area (Å²) in [4.78, 5) is 36.9. The Morgan fingerprint density at radius 2 is 1.72 bits per heavy atom. The maximum atomic E-state index is 13.6. The topological polar surface area (TPSA) is 93.1 Å². The van der Waals surface area contributed by atoms with Crippen LogP contribution in [0.2, 0.25) is 0 Å². The normalized spacial score (nSPS) is 11.6. The van der Waals surface area contributed by atoms with E-state index in [0.717, 1.165) is 16.8 Å². The number of hydrogen-bond acceptors (Lipinski definition) is 4. The van der Waals surface area contributed by atoms with Crippen LogP contribution in [-0.4, -0.2) is 21.6 Å². The van der Waals surface area contributed by atoms with Crippen molar-refractivity contribution in [2.75, 3.05) is 10.6 Å². The van der Waals surface area contributed by atoms with Crippen molar-refractivity contribution in [2.24, 2.45) is 5.92 Å². The van der Waals surface area contributed by atoms with Crippen molar-refractivity contribution in [3.8, 4) is 0 Å². The fourth-order valence-corrected chi connectivity index (χ4v) is 3.22. The number of amides is 2. The summed E-state index contributed by atoms with van der Waals surface area (Å²) in [5.74, 6) is -1.37. The van der Waals surface area contributed by atoms with Gasteiger partial charge in [-0.15, -0.1) is 0 Å². The zero-order chi connectivity index (χ0) is 23.6. The summed E-state index contributed by atoms with van der Waals surface area (Å²) in [5.41, 5.74) is -2.24. The van der Waals surface area contributed by atoms with E-state index in [0.29, 0.717) is 0 Å². The summed E-state index contributed by atoms with van der Waals surface area (Å²) in [5, 5.41) is 9.16. The van der Waals surface area contributed by atoms with Crippen molar-refractivity contribution in [3.05, 3.63) is 64.1 Å². The molecule has 0 spiro atoms. The molecule has 168 valence electrons. The first-order valence-corrected chi connectivity index (χ1v) is 9.77. The maximum Gasteiger partial charge on any atom is 0.418 e. The van der Waals surface area contributed by atoms with Crippen LogP contribution in [0.15, 0.2) is 47.3 Å². The molecule has 32 heavy (non-hydrogen) atoms. The Balaban J connectivity index is 2.08. The largest absolute Gasteiger partial charge is 0.418 e. The summed E-state index contributed by atoms with van der Waals surface area (Å²) in [7, 11) is 0. The van der Waals surface area contributed by atoms with Crippen LogP contribution in [0.5, 0.6) is 0 Å². The molecule has 0 saturated heterocycles. The highest BCUT2D eigenvalue weighted by atomic mass is 19.4. The minimum atomic E-state index is -4.79. The van der Waals surface area contributed by atoms with Crippen molar-refractivity contribution in [1.82, 2.24) is 9.78 Å². The molecule has 0 aliphatic heterocycles. The molecule has 3 rings (SSSR count). The number of carbonyl (C=O) groups is 2. The number of alkyl halides is 3. The van der Waals surface area contributed by atoms with E-state index < -0.39 is 29.2 Å². The quantitative estimate of drug-likeness (QED) is 0.612. The first-order valence-electron chi connectivity index (χ1n) is 9.77. The summed E-state index contributed by atoms with van der Waals surface area (Å²) in [6.45, 7) is 5.15. The van der Waals surface area contributed by atoms with Crippen LogP contribution in [0.4, 0.5) is 24.5 Å². The van der Waals surface area contributed by atoms with Crippen LogP contribution in [0.25, 0.3) is 10.8 Å². The number of anilines is 2. The fraction of sp³-hybridized carbons (Fsp3) is 0.273. The second-order valence-electron chi connectivity index (χ2n) is 7.67. The van der Waals surface area contributed by atoms with Crippen molar-refractivity contribution in [1.29, 1.82) is 0 Å². The molecule has 2 aromatic carbocycles. The van der Waals surface area contributed by atoms with E-state index in [2.05, 4.69) is 15.7 Å². The number of halogens is 3. The number of aromatic nitrogens is 2. The lowest BCUT2D eigenvalue weighted by atomic mass is 10.1. The van der Waals surface area contributed by atoms with E-state index in [1.54, 1.807) is 12.1 Å². The minimum Gasteiger partial charge on any atom is -0.326 e. The molecule has 1 aromatic heterocycles. The third-order valence-electron chi connectivity index (χ3n) is 4.51. The summed E-state index contributed by atoms with van der Waals surface area (Å²) in [6, 6.07) is 9.33. The molecule has 2 amide bonds. The van der Waals surface area contributed by atoms with E-state index in [4.69, 9.17) is 0 Å². The standard InChI is InChI=1S/C22H21F3N4O3/c1-12(2)11-29-21(32)16-7-5-4-6-15(16)19(28-29)20(31)27-18-9-8-14(26-13(3)30)10-17(18)22(23,24)25/h4-10,12H,11H2,1-3H3,(H,26,30)(H,27,31). The van der Waals surface area contributed by atoms with Gasteiger partial charge in [-0.3, -0.25) is 14.4 Å². The van der Waals surface area contributed by atoms with E-state index in [9.17, 15) is 27.6 Å². The fourth-order valence-electron chi connectivity index (χ4n) is 3.22. The first kappa shape index (κ1) is 23.0. The molecule has 1 heterocycles. The molecule has 10 heteroatoms. The minimum absolute atomic E-state index is 0.0513. The van der Waals surface area contributed by atoms with Gasteiger partial charge in [0.15, 0.2) is 5.69 Å². The monoisotopic (exact) mass is 446 g/mol. The Hall–Kier alpha value is -3.69. The highest BCUT2D eigenvalue weighted by molar-refractivity contribution is 6.11. The number of rotatable bonds is 5. The lowest BCUT2D eigenvalue weighted by Crippen LogP contribution is -2.29. The van der Waals surface area contributed by atoms with Crippen molar-refractivity contribution in [2.45, 2.75) is 33.5 Å². The average molecular weight is 446 g/mol. The molecule has 0 unspecified atom stereocenters. The zero-order valence-corrected chi connectivity index (χ0v) is 17.6. The Morgan fingerprint density at radius 1 is 1.06 bits per heavy atom. The zero-order valence-electron chi connectivity index (χ0n) is 17.6. The third-order valence-corrected chi connectivity index (χ3v) is 4.51. The van der Waals surface area contributed by atoms with Gasteiger partial charge in [-0.05, 0) is 30.2 Å². The molecule has 0 aliphatic carbocycles. The molecule has 0 radical (unpaired) electrons. The lowest BCUT2D eigenvalue weighted by molar-refractivity contribution is -0.137. The summed E-state index contributed by atoms with van der Waals surface area (Å²) in [6.07, 6.45) is -4.79. The molecule has 0 atom stereocenters. The predicted octanol–water partition coefficient (Wildman–Crippen LogP) is 4.28. The number of hydrogen-bond donors (Lipinski definition) is 2. The van der Waals surface area contributed by atoms with Gasteiger partial charge in [0.2, 0.25) is 5.91 Å². The van der Waals surface area contributed by atoms with Crippen molar-refractivity contribution >= 4 is 34.0 Å². The van der Waals surface area contributed by atoms with Crippen LogP contribution in [0.1, 0.15) is 36.8 Å². The number of nitrogens with zero attached hydrogens (tertiary/aromatic N) is 2. The van der Waals surface area contributed by atoms with Crippen molar-refractivity contribution in [3.63, 3.8) is 0 Å². The predicted molar refractivity (Wildman–Crippen MR) is 115 cm³/mol. The Morgan fingerprint density at radius 3 is 2.31 bits per heavy atom. The van der Waals surface area contributed by atoms with Crippen LogP contribution in [0.3, 0.4) is 0 Å². The van der Waals surface area contributed by atoms with E-state index in [1.165, 1.54) is 25.1 Å². The van der Waals surface area contributed by atoms with Crippen LogP contribution in [-0.2, 0) is 17.5 Å². The smallest absolute Gasteiger partial charge is 0.326 e. The van der Waals surface area contributed by atoms with Gasteiger partial charge in [-0.1, -0.05) is 32.0 Å². The van der Waals surface area contributed by atoms with Gasteiger partial charge in [-0.25, -0.2) is 4.68 Å². The molecular weight excluding hydrogens is 425 g/mol. The first-order chi connectivity index (χ1) is 15.0. The summed E-state index contributed by atoms with van der Waals surface area (Å²) < 4.78 is 42.0. The number of carbonyl (C=O) groups excluding carboxylic acids is 2. The van der Waals surface area contributed by atoms with E-state index in [1.807, 2.05) is 13.8 Å². The lowest BCUT2D eigenvalue weighted by Gasteiger charge is -2.16. The molecule has 0 aliphatic rings. The summed E-state index contributed by atoms with van der Waals surface area (Å²) >= 11 is 0. The van der Waals surface area contributed by atoms with Crippen LogP contribution < -0.4 is 16.2 Å². The van der Waals surface area contributed by atoms with Gasteiger partial charge in [0.1, 0.15) is 0 Å². The average Bonchev–Trinajstić information content (AvgIpc) is 2.69. The Bertz CT molecular complexity index is 1250. The second kappa shape index (κ2) is 8.81. The van der Waals surface area contributed by atoms with Crippen LogP contribution in [0, 0.1) is 5.92 Å². The number of fused-ring (bicyclic) bond motifs is 1. The van der Waals surface area contributed by atoms with E-state index >= 15 is 0 Å². The highest BCUT2D eigenvalue weighted by Crippen LogP contribution is 2.37. The third kappa shape index (κ3) is 4.96. The van der Waals surface area contributed by atoms with Crippen LogP contribution >= 0.6 is 0 Å². The van der Waals surface area contributed by atoms with Crippen molar-refractivity contribution < 1.29 is 22.8 Å². The van der Waals surface area contributed by atoms with Gasteiger partial charge in [0.05, 0.1) is 16.6 Å². The second-order valence-corrected chi connectivity index (χ2v) is 7.67. The molecule has 0 bridgehead atoms. The Kier molecular flexibility index (Phi) is 6.33. The van der Waals surface area contributed by atoms with Gasteiger partial charge in [-0.2, -0.15) is 18.3 Å². The van der Waals surface area contributed by atoms with E-state index in [-0.39, 0.29) is 40.2 Å². The Labute approximate surface area is 181 Å². The molecule has 0 fully saturated rings. The molecule has 2 N–H and O–H groups in total. The SMILES string of the molecule is CC(=O)Nc1ccc(NC(=O)c2nn(CC(C)C)c(=O)c3ccccc23)c(C(F)(F)F)c1. The van der Waals surface area contributed by atoms with Gasteiger partial charge >= 0.3 is 6.18 Å². The molecule has 7 nitrogen and oxygen atoms in total. The molecule has 0 saturated carbocycles. The molecular formula is C22H21F3N4O3. The van der Waals surface area contributed by atoms with Gasteiger partial charge in [0, 0.05) is 24.5 Å². The maximum absolute atomic E-state index is 13.6. The highest BCUT2D eigenvalue weighted by Gasteiger charge is 2.34. The molecule has 3 aromatic rings. The number of nitrogens with one attached hydrogen (secondary N) is 2.